The van der Waals surface area contributed by atoms with Gasteiger partial charge in [-0.3, -0.25) is 10.6 Å². The zero-order chi connectivity index (χ0) is 16.4. The molecule has 0 spiro atoms. The summed E-state index contributed by atoms with van der Waals surface area (Å²) in [5.74, 6) is 1.97. The van der Waals surface area contributed by atoms with Crippen LogP contribution in [0.2, 0.25) is 0 Å². The first-order chi connectivity index (χ1) is 11.8. The second-order valence-electron chi connectivity index (χ2n) is 6.81. The van der Waals surface area contributed by atoms with Crippen molar-refractivity contribution in [2.24, 2.45) is 0 Å². The first-order valence-corrected chi connectivity index (χ1v) is 8.94. The van der Waals surface area contributed by atoms with Crippen molar-refractivity contribution in [1.29, 1.82) is 0 Å². The second-order valence-corrected chi connectivity index (χ2v) is 6.81. The van der Waals surface area contributed by atoms with Crippen LogP contribution in [0.3, 0.4) is 0 Å². The number of nitrogens with zero attached hydrogens (tertiary/aromatic N) is 2. The summed E-state index contributed by atoms with van der Waals surface area (Å²) < 4.78 is 5.41. The lowest BCUT2D eigenvalue weighted by Gasteiger charge is -2.28. The van der Waals surface area contributed by atoms with Gasteiger partial charge in [0.25, 0.3) is 0 Å². The van der Waals surface area contributed by atoms with E-state index in [9.17, 15) is 0 Å². The Hall–Kier alpha value is -1.76. The number of benzene rings is 1. The molecular weight excluding hydrogens is 302 g/mol. The average Bonchev–Trinajstić information content (AvgIpc) is 3.04. The Labute approximate surface area is 142 Å². The molecule has 128 valence electrons. The van der Waals surface area contributed by atoms with Crippen LogP contribution in [0.4, 0.5) is 0 Å². The molecule has 0 bridgehead atoms. The van der Waals surface area contributed by atoms with Crippen molar-refractivity contribution >= 4 is 0 Å². The number of hydrogen-bond donors (Lipinski definition) is 3. The van der Waals surface area contributed by atoms with Gasteiger partial charge in [-0.2, -0.15) is 4.98 Å². The van der Waals surface area contributed by atoms with Crippen LogP contribution >= 0.6 is 0 Å². The Balaban J connectivity index is 1.41. The summed E-state index contributed by atoms with van der Waals surface area (Å²) in [7, 11) is 0. The molecule has 4 rings (SSSR count). The average molecular weight is 327 g/mol. The second kappa shape index (κ2) is 7.01. The topological polar surface area (TPSA) is 75.0 Å². The van der Waals surface area contributed by atoms with E-state index in [4.69, 9.17) is 4.52 Å². The minimum absolute atomic E-state index is 0.284. The Morgan fingerprint density at radius 1 is 1.21 bits per heavy atom. The van der Waals surface area contributed by atoms with Crippen molar-refractivity contribution in [3.05, 3.63) is 35.7 Å². The van der Waals surface area contributed by atoms with E-state index in [1.54, 1.807) is 0 Å². The standard InChI is InChI=1S/C18H25N5O/c1-12(21-16-11-19-9-10-20-16)13-5-7-14(8-6-13)17-22-18(24-23-17)15-3-2-4-15/h5-8,12,15-16,19-21H,2-4,9-11H2,1H3/t12-,16?/m1/s1. The van der Waals surface area contributed by atoms with Crippen LogP contribution in [-0.4, -0.2) is 35.9 Å². The number of hydrogen-bond acceptors (Lipinski definition) is 6. The summed E-state index contributed by atoms with van der Waals surface area (Å²) in [5.41, 5.74) is 2.27. The van der Waals surface area contributed by atoms with E-state index in [2.05, 4.69) is 57.3 Å². The van der Waals surface area contributed by atoms with Gasteiger partial charge in [0.15, 0.2) is 0 Å². The molecule has 1 saturated heterocycles. The van der Waals surface area contributed by atoms with Gasteiger partial charge in [-0.05, 0) is 25.3 Å². The Bertz CT molecular complexity index is 658. The SMILES string of the molecule is C[C@@H](NC1CNCCN1)c1ccc(-c2noc(C3CCC3)n2)cc1. The van der Waals surface area contributed by atoms with E-state index in [0.717, 1.165) is 31.1 Å². The fourth-order valence-corrected chi connectivity index (χ4v) is 3.26. The molecule has 1 aromatic carbocycles. The van der Waals surface area contributed by atoms with Crippen LogP contribution in [0.15, 0.2) is 28.8 Å². The Kier molecular flexibility index (Phi) is 4.60. The summed E-state index contributed by atoms with van der Waals surface area (Å²) >= 11 is 0. The van der Waals surface area contributed by atoms with E-state index in [1.165, 1.54) is 24.8 Å². The third kappa shape index (κ3) is 3.36. The molecule has 0 amide bonds. The lowest BCUT2D eigenvalue weighted by atomic mass is 9.85. The lowest BCUT2D eigenvalue weighted by molar-refractivity contribution is 0.292. The van der Waals surface area contributed by atoms with Crippen molar-refractivity contribution in [2.75, 3.05) is 19.6 Å². The highest BCUT2D eigenvalue weighted by Crippen LogP contribution is 2.36. The van der Waals surface area contributed by atoms with Gasteiger partial charge in [0.05, 0.1) is 6.17 Å². The van der Waals surface area contributed by atoms with Crippen molar-refractivity contribution in [3.8, 4) is 11.4 Å². The first kappa shape index (κ1) is 15.7. The Morgan fingerprint density at radius 3 is 2.71 bits per heavy atom. The number of aromatic nitrogens is 2. The van der Waals surface area contributed by atoms with Gasteiger partial charge in [0.2, 0.25) is 11.7 Å². The zero-order valence-corrected chi connectivity index (χ0v) is 14.1. The highest BCUT2D eigenvalue weighted by atomic mass is 16.5. The number of nitrogens with one attached hydrogen (secondary N) is 3. The molecule has 3 N–H and O–H groups in total. The molecule has 2 atom stereocenters. The molecule has 2 aromatic rings. The van der Waals surface area contributed by atoms with Gasteiger partial charge >= 0.3 is 0 Å². The zero-order valence-electron chi connectivity index (χ0n) is 14.1. The Morgan fingerprint density at radius 2 is 2.04 bits per heavy atom. The molecular formula is C18H25N5O. The third-order valence-electron chi connectivity index (χ3n) is 5.06. The molecule has 0 radical (unpaired) electrons. The summed E-state index contributed by atoms with van der Waals surface area (Å²) in [4.78, 5) is 4.56. The van der Waals surface area contributed by atoms with E-state index < -0.39 is 0 Å². The van der Waals surface area contributed by atoms with Crippen LogP contribution in [0.1, 0.15) is 49.6 Å². The molecule has 1 saturated carbocycles. The largest absolute Gasteiger partial charge is 0.339 e. The summed E-state index contributed by atoms with van der Waals surface area (Å²) in [5, 5.41) is 14.6. The molecule has 1 aliphatic carbocycles. The molecule has 1 aromatic heterocycles. The predicted molar refractivity (Wildman–Crippen MR) is 92.5 cm³/mol. The van der Waals surface area contributed by atoms with Gasteiger partial charge < -0.3 is 9.84 Å². The number of rotatable bonds is 5. The predicted octanol–water partition coefficient (Wildman–Crippen LogP) is 2.17. The van der Waals surface area contributed by atoms with E-state index in [1.807, 2.05) is 0 Å². The van der Waals surface area contributed by atoms with E-state index >= 15 is 0 Å². The normalized spacial score (nSPS) is 23.0. The van der Waals surface area contributed by atoms with E-state index in [-0.39, 0.29) is 6.04 Å². The van der Waals surface area contributed by atoms with Crippen LogP contribution in [0.25, 0.3) is 11.4 Å². The highest BCUT2D eigenvalue weighted by Gasteiger charge is 2.25. The summed E-state index contributed by atoms with van der Waals surface area (Å²) in [6.45, 7) is 5.18. The molecule has 1 aliphatic heterocycles. The van der Waals surface area contributed by atoms with Gasteiger partial charge in [0, 0.05) is 37.2 Å². The van der Waals surface area contributed by atoms with Crippen LogP contribution < -0.4 is 16.0 Å². The highest BCUT2D eigenvalue weighted by molar-refractivity contribution is 5.54. The van der Waals surface area contributed by atoms with E-state index in [0.29, 0.717) is 17.9 Å². The maximum Gasteiger partial charge on any atom is 0.230 e. The van der Waals surface area contributed by atoms with Crippen LogP contribution in [0, 0.1) is 0 Å². The monoisotopic (exact) mass is 327 g/mol. The lowest BCUT2D eigenvalue weighted by Crippen LogP contribution is -2.55. The first-order valence-electron chi connectivity index (χ1n) is 8.94. The van der Waals surface area contributed by atoms with Crippen molar-refractivity contribution in [2.45, 2.75) is 44.3 Å². The molecule has 2 fully saturated rings. The molecule has 6 heteroatoms. The molecule has 1 unspecified atom stereocenters. The van der Waals surface area contributed by atoms with Crippen molar-refractivity contribution in [3.63, 3.8) is 0 Å². The fourth-order valence-electron chi connectivity index (χ4n) is 3.26. The van der Waals surface area contributed by atoms with Gasteiger partial charge in [-0.25, -0.2) is 0 Å². The minimum Gasteiger partial charge on any atom is -0.339 e. The van der Waals surface area contributed by atoms with Crippen molar-refractivity contribution in [1.82, 2.24) is 26.1 Å². The maximum absolute atomic E-state index is 5.41. The minimum atomic E-state index is 0.284. The fraction of sp³-hybridized carbons (Fsp3) is 0.556. The summed E-state index contributed by atoms with van der Waals surface area (Å²) in [6.07, 6.45) is 3.94. The number of piperazine rings is 1. The van der Waals surface area contributed by atoms with Gasteiger partial charge in [-0.15, -0.1) is 0 Å². The molecule has 2 aliphatic rings. The molecule has 6 nitrogen and oxygen atoms in total. The quantitative estimate of drug-likeness (QED) is 0.781. The molecule has 2 heterocycles. The summed E-state index contributed by atoms with van der Waals surface area (Å²) in [6, 6.07) is 8.73. The third-order valence-corrected chi connectivity index (χ3v) is 5.06. The van der Waals surface area contributed by atoms with Crippen LogP contribution in [0.5, 0.6) is 0 Å². The van der Waals surface area contributed by atoms with Gasteiger partial charge in [0.1, 0.15) is 0 Å². The van der Waals surface area contributed by atoms with Gasteiger partial charge in [-0.1, -0.05) is 35.8 Å². The van der Waals surface area contributed by atoms with Crippen molar-refractivity contribution < 1.29 is 4.52 Å². The van der Waals surface area contributed by atoms with Crippen LogP contribution in [-0.2, 0) is 0 Å². The maximum atomic E-state index is 5.41. The molecule has 24 heavy (non-hydrogen) atoms. The smallest absolute Gasteiger partial charge is 0.230 e.